The number of hydrogen-bond acceptors (Lipinski definition) is 6. The maximum atomic E-state index is 12.3. The largest absolute Gasteiger partial charge is 0.333 e. The van der Waals surface area contributed by atoms with Crippen LogP contribution in [0.5, 0.6) is 0 Å². The van der Waals surface area contributed by atoms with Crippen molar-refractivity contribution in [3.8, 4) is 11.5 Å². The number of rotatable bonds is 5. The van der Waals surface area contributed by atoms with Crippen LogP contribution in [-0.4, -0.2) is 26.2 Å². The van der Waals surface area contributed by atoms with Crippen LogP contribution in [0, 0.1) is 0 Å². The highest BCUT2D eigenvalue weighted by Gasteiger charge is 2.19. The number of carbonyl (C=O) groups is 1. The highest BCUT2D eigenvalue weighted by molar-refractivity contribution is 8.00. The lowest BCUT2D eigenvalue weighted by atomic mass is 10.1. The summed E-state index contributed by atoms with van der Waals surface area (Å²) in [6, 6.07) is 12.8. The molecule has 0 aliphatic carbocycles. The van der Waals surface area contributed by atoms with Crippen LogP contribution >= 0.6 is 11.8 Å². The lowest BCUT2D eigenvalue weighted by molar-refractivity contribution is 0.0994. The van der Waals surface area contributed by atoms with Crippen molar-refractivity contribution < 1.29 is 9.32 Å². The number of thioether (sulfide) groups is 1. The number of benzene rings is 1. The Kier molecular flexibility index (Phi) is 4.29. The van der Waals surface area contributed by atoms with Gasteiger partial charge in [-0.25, -0.2) is 0 Å². The van der Waals surface area contributed by atoms with Crippen LogP contribution in [0.3, 0.4) is 0 Å². The summed E-state index contributed by atoms with van der Waals surface area (Å²) >= 11 is 1.28. The molecule has 5 nitrogen and oxygen atoms in total. The molecule has 3 aromatic rings. The summed E-state index contributed by atoms with van der Waals surface area (Å²) in [7, 11) is 0. The summed E-state index contributed by atoms with van der Waals surface area (Å²) < 4.78 is 5.20. The monoisotopic (exact) mass is 311 g/mol. The average Bonchev–Trinajstić information content (AvgIpc) is 3.04. The summed E-state index contributed by atoms with van der Waals surface area (Å²) in [6.07, 6.45) is 3.33. The topological polar surface area (TPSA) is 68.9 Å². The van der Waals surface area contributed by atoms with E-state index < -0.39 is 0 Å². The fourth-order valence-electron chi connectivity index (χ4n) is 1.91. The third-order valence-corrected chi connectivity index (χ3v) is 3.97. The van der Waals surface area contributed by atoms with Crippen LogP contribution in [0.25, 0.3) is 11.5 Å². The van der Waals surface area contributed by atoms with Crippen LogP contribution in [0.15, 0.2) is 64.5 Å². The molecular formula is C16H13N3O2S. The summed E-state index contributed by atoms with van der Waals surface area (Å²) in [5.41, 5.74) is 1.43. The van der Waals surface area contributed by atoms with Gasteiger partial charge < -0.3 is 4.52 Å². The van der Waals surface area contributed by atoms with Gasteiger partial charge in [0.2, 0.25) is 5.16 Å². The van der Waals surface area contributed by atoms with Crippen molar-refractivity contribution in [2.24, 2.45) is 0 Å². The molecule has 6 heteroatoms. The molecule has 0 amide bonds. The van der Waals surface area contributed by atoms with Gasteiger partial charge in [0, 0.05) is 18.0 Å². The quantitative estimate of drug-likeness (QED) is 0.530. The predicted molar refractivity (Wildman–Crippen MR) is 83.6 cm³/mol. The van der Waals surface area contributed by atoms with Gasteiger partial charge in [-0.15, -0.1) is 0 Å². The fourth-order valence-corrected chi connectivity index (χ4v) is 2.69. The number of pyridine rings is 1. The Morgan fingerprint density at radius 1 is 1.18 bits per heavy atom. The molecule has 0 radical (unpaired) electrons. The van der Waals surface area contributed by atoms with Crippen LogP contribution < -0.4 is 0 Å². The van der Waals surface area contributed by atoms with Crippen molar-refractivity contribution in [2.45, 2.75) is 17.3 Å². The first-order valence-electron chi connectivity index (χ1n) is 6.74. The number of aromatic nitrogens is 3. The molecule has 110 valence electrons. The van der Waals surface area contributed by atoms with Gasteiger partial charge in [-0.05, 0) is 24.2 Å². The molecule has 0 N–H and O–H groups in total. The van der Waals surface area contributed by atoms with Gasteiger partial charge in [-0.1, -0.05) is 42.1 Å². The van der Waals surface area contributed by atoms with Crippen LogP contribution in [0.2, 0.25) is 0 Å². The molecule has 0 bridgehead atoms. The van der Waals surface area contributed by atoms with Gasteiger partial charge in [-0.3, -0.25) is 9.78 Å². The predicted octanol–water partition coefficient (Wildman–Crippen LogP) is 3.50. The maximum Gasteiger partial charge on any atom is 0.260 e. The van der Waals surface area contributed by atoms with E-state index in [1.807, 2.05) is 31.2 Å². The maximum absolute atomic E-state index is 12.3. The zero-order valence-electron chi connectivity index (χ0n) is 11.8. The van der Waals surface area contributed by atoms with Crippen molar-refractivity contribution in [3.63, 3.8) is 0 Å². The van der Waals surface area contributed by atoms with Crippen LogP contribution in [-0.2, 0) is 0 Å². The molecule has 0 saturated carbocycles. The Labute approximate surface area is 131 Å². The highest BCUT2D eigenvalue weighted by Crippen LogP contribution is 2.25. The second-order valence-electron chi connectivity index (χ2n) is 4.61. The normalized spacial score (nSPS) is 12.0. The van der Waals surface area contributed by atoms with Gasteiger partial charge in [0.1, 0.15) is 0 Å². The van der Waals surface area contributed by atoms with E-state index in [0.717, 1.165) is 5.56 Å². The molecule has 0 unspecified atom stereocenters. The average molecular weight is 311 g/mol. The smallest absolute Gasteiger partial charge is 0.260 e. The van der Waals surface area contributed by atoms with Crippen molar-refractivity contribution >= 4 is 17.5 Å². The van der Waals surface area contributed by atoms with E-state index in [0.29, 0.717) is 16.6 Å². The highest BCUT2D eigenvalue weighted by atomic mass is 32.2. The molecule has 0 aliphatic heterocycles. The first-order chi connectivity index (χ1) is 10.7. The summed E-state index contributed by atoms with van der Waals surface area (Å²) in [5.74, 6) is 0.438. The zero-order chi connectivity index (χ0) is 15.4. The third-order valence-electron chi connectivity index (χ3n) is 3.03. The molecule has 1 atom stereocenters. The van der Waals surface area contributed by atoms with Crippen molar-refractivity contribution in [1.82, 2.24) is 15.1 Å². The van der Waals surface area contributed by atoms with E-state index in [1.165, 1.54) is 11.8 Å². The Balaban J connectivity index is 1.71. The Morgan fingerprint density at radius 2 is 2.00 bits per heavy atom. The summed E-state index contributed by atoms with van der Waals surface area (Å²) in [5, 5.41) is 4.06. The first-order valence-corrected chi connectivity index (χ1v) is 7.62. The van der Waals surface area contributed by atoms with E-state index in [-0.39, 0.29) is 11.0 Å². The van der Waals surface area contributed by atoms with Crippen LogP contribution in [0.1, 0.15) is 17.3 Å². The van der Waals surface area contributed by atoms with Gasteiger partial charge >= 0.3 is 0 Å². The number of nitrogens with zero attached hydrogens (tertiary/aromatic N) is 3. The Morgan fingerprint density at radius 3 is 2.73 bits per heavy atom. The molecule has 22 heavy (non-hydrogen) atoms. The van der Waals surface area contributed by atoms with E-state index in [1.54, 1.807) is 30.6 Å². The zero-order valence-corrected chi connectivity index (χ0v) is 12.7. The SMILES string of the molecule is C[C@@H](Sc1noc(-c2cccnc2)n1)C(=O)c1ccccc1. The molecule has 3 rings (SSSR count). The molecule has 1 aromatic carbocycles. The number of ketones is 1. The minimum atomic E-state index is -0.290. The minimum absolute atomic E-state index is 0.0401. The van der Waals surface area contributed by atoms with Crippen molar-refractivity contribution in [3.05, 3.63) is 60.4 Å². The molecule has 0 spiro atoms. The van der Waals surface area contributed by atoms with E-state index in [4.69, 9.17) is 4.52 Å². The lowest BCUT2D eigenvalue weighted by Gasteiger charge is -2.06. The number of carbonyl (C=O) groups excluding carboxylic acids is 1. The van der Waals surface area contributed by atoms with Gasteiger partial charge in [0.15, 0.2) is 5.78 Å². The van der Waals surface area contributed by atoms with E-state index >= 15 is 0 Å². The summed E-state index contributed by atoms with van der Waals surface area (Å²) in [6.45, 7) is 1.83. The number of Topliss-reactive ketones (excluding diaryl/α,β-unsaturated/α-hetero) is 1. The Hall–Kier alpha value is -2.47. The molecule has 2 heterocycles. The van der Waals surface area contributed by atoms with Crippen LogP contribution in [0.4, 0.5) is 0 Å². The van der Waals surface area contributed by atoms with Gasteiger partial charge in [0.05, 0.1) is 10.8 Å². The first kappa shape index (κ1) is 14.5. The van der Waals surface area contributed by atoms with E-state index in [9.17, 15) is 4.79 Å². The third kappa shape index (κ3) is 3.23. The molecule has 0 saturated heterocycles. The lowest BCUT2D eigenvalue weighted by Crippen LogP contribution is -2.13. The molecule has 0 aliphatic rings. The minimum Gasteiger partial charge on any atom is -0.333 e. The molecular weight excluding hydrogens is 298 g/mol. The summed E-state index contributed by atoms with van der Waals surface area (Å²) in [4.78, 5) is 20.6. The second-order valence-corrected chi connectivity index (χ2v) is 5.92. The molecule has 0 fully saturated rings. The number of hydrogen-bond donors (Lipinski definition) is 0. The van der Waals surface area contributed by atoms with E-state index in [2.05, 4.69) is 15.1 Å². The van der Waals surface area contributed by atoms with Gasteiger partial charge in [-0.2, -0.15) is 4.98 Å². The fraction of sp³-hybridized carbons (Fsp3) is 0.125. The Bertz CT molecular complexity index is 759. The van der Waals surface area contributed by atoms with Crippen molar-refractivity contribution in [2.75, 3.05) is 0 Å². The van der Waals surface area contributed by atoms with Crippen molar-refractivity contribution in [1.29, 1.82) is 0 Å². The standard InChI is InChI=1S/C16H13N3O2S/c1-11(14(20)12-6-3-2-4-7-12)22-16-18-15(21-19-16)13-8-5-9-17-10-13/h2-11H,1H3/t11-/m1/s1. The molecule has 2 aromatic heterocycles. The van der Waals surface area contributed by atoms with Gasteiger partial charge in [0.25, 0.3) is 5.89 Å². The second kappa shape index (κ2) is 6.53.